The monoisotopic (exact) mass is 513 g/mol. The van der Waals surface area contributed by atoms with Crippen LogP contribution in [-0.4, -0.2) is 53.6 Å². The van der Waals surface area contributed by atoms with Crippen LogP contribution < -0.4 is 5.73 Å². The number of halogens is 2. The van der Waals surface area contributed by atoms with Gasteiger partial charge in [0.25, 0.3) is 0 Å². The number of piperazine rings is 1. The fourth-order valence-electron chi connectivity index (χ4n) is 5.34. The molecular weight excluding hydrogens is 479 g/mol. The summed E-state index contributed by atoms with van der Waals surface area (Å²) in [6.45, 7) is 10.0. The third-order valence-corrected chi connectivity index (χ3v) is 7.88. The fourth-order valence-corrected chi connectivity index (χ4v) is 5.72. The van der Waals surface area contributed by atoms with Crippen molar-refractivity contribution in [1.29, 1.82) is 0 Å². The molecule has 1 saturated carbocycles. The van der Waals surface area contributed by atoms with E-state index < -0.39 is 0 Å². The average molecular weight is 515 g/mol. The third kappa shape index (κ3) is 6.14. The minimum atomic E-state index is -0.143. The Morgan fingerprint density at radius 1 is 1.17 bits per heavy atom. The Hall–Kier alpha value is -2.21. The van der Waals surface area contributed by atoms with E-state index in [-0.39, 0.29) is 11.8 Å². The van der Waals surface area contributed by atoms with E-state index in [9.17, 15) is 4.79 Å². The lowest BCUT2D eigenvalue weighted by molar-refractivity contribution is -0.123. The zero-order valence-corrected chi connectivity index (χ0v) is 22.4. The summed E-state index contributed by atoms with van der Waals surface area (Å²) in [6, 6.07) is 6.35. The summed E-state index contributed by atoms with van der Waals surface area (Å²) in [5.41, 5.74) is 11.7. The summed E-state index contributed by atoms with van der Waals surface area (Å²) >= 11 is 12.8. The van der Waals surface area contributed by atoms with Gasteiger partial charge in [0.15, 0.2) is 16.8 Å². The highest BCUT2D eigenvalue weighted by atomic mass is 35.5. The van der Waals surface area contributed by atoms with Crippen LogP contribution in [0, 0.1) is 18.2 Å². The molecule has 4 rings (SSSR count). The van der Waals surface area contributed by atoms with Gasteiger partial charge in [0, 0.05) is 60.3 Å². The van der Waals surface area contributed by atoms with Gasteiger partial charge in [-0.15, -0.1) is 0 Å². The summed E-state index contributed by atoms with van der Waals surface area (Å²) in [4.78, 5) is 21.6. The number of carbonyl (C=O) groups excluding carboxylic acids is 1. The molecule has 2 fully saturated rings. The molecule has 186 valence electrons. The van der Waals surface area contributed by atoms with Crippen LogP contribution in [0.3, 0.4) is 0 Å². The topological polar surface area (TPSA) is 61.9 Å². The number of aryl methyl sites for hydroxylation is 1. The highest BCUT2D eigenvalue weighted by molar-refractivity contribution is 6.44. The third-order valence-electron chi connectivity index (χ3n) is 7.32. The van der Waals surface area contributed by atoms with E-state index in [4.69, 9.17) is 33.9 Å². The molecule has 2 aliphatic carbocycles. The molecule has 7 heteroatoms. The minimum Gasteiger partial charge on any atom is -0.369 e. The van der Waals surface area contributed by atoms with E-state index in [2.05, 4.69) is 42.7 Å². The number of aliphatic imine (C=N–C) groups is 1. The molecule has 1 aliphatic heterocycles. The van der Waals surface area contributed by atoms with Gasteiger partial charge in [0.05, 0.1) is 23.9 Å². The van der Waals surface area contributed by atoms with Crippen molar-refractivity contribution in [3.05, 3.63) is 69.2 Å². The van der Waals surface area contributed by atoms with Crippen LogP contribution in [0.1, 0.15) is 50.7 Å². The van der Waals surface area contributed by atoms with Crippen molar-refractivity contribution >= 4 is 40.5 Å². The molecule has 0 bridgehead atoms. The van der Waals surface area contributed by atoms with Crippen molar-refractivity contribution in [2.45, 2.75) is 52.5 Å². The zero-order valence-electron chi connectivity index (χ0n) is 20.9. The first-order valence-corrected chi connectivity index (χ1v) is 13.2. The second kappa shape index (κ2) is 11.2. The number of carbonyl (C=O) groups is 1. The number of allylic oxidation sites excluding steroid dienone is 4. The summed E-state index contributed by atoms with van der Waals surface area (Å²) in [7, 11) is 0. The number of nitrogens with two attached hydrogens (primary N) is 1. The molecule has 1 aromatic carbocycles. The first kappa shape index (κ1) is 25.9. The van der Waals surface area contributed by atoms with E-state index in [1.165, 1.54) is 0 Å². The molecule has 1 heterocycles. The van der Waals surface area contributed by atoms with Gasteiger partial charge in [0.1, 0.15) is 0 Å². The molecular formula is C28H35Cl2N4O+. The van der Waals surface area contributed by atoms with Crippen LogP contribution in [0.15, 0.2) is 52.7 Å². The Bertz CT molecular complexity index is 1080. The number of benzene rings is 1. The molecule has 2 N–H and O–H groups in total. The fraction of sp³-hybridized carbons (Fsp3) is 0.464. The molecule has 1 amide bonds. The predicted molar refractivity (Wildman–Crippen MR) is 146 cm³/mol. The lowest BCUT2D eigenvalue weighted by Gasteiger charge is -2.42. The van der Waals surface area contributed by atoms with Gasteiger partial charge < -0.3 is 10.6 Å². The van der Waals surface area contributed by atoms with E-state index >= 15 is 0 Å². The van der Waals surface area contributed by atoms with Crippen LogP contribution >= 0.6 is 23.2 Å². The molecule has 1 unspecified atom stereocenters. The molecule has 5 nitrogen and oxygen atoms in total. The van der Waals surface area contributed by atoms with Crippen molar-refractivity contribution in [1.82, 2.24) is 9.80 Å². The van der Waals surface area contributed by atoms with Gasteiger partial charge in [-0.05, 0) is 63.3 Å². The van der Waals surface area contributed by atoms with Gasteiger partial charge in [-0.3, -0.25) is 9.69 Å². The van der Waals surface area contributed by atoms with Crippen LogP contribution in [0.2, 0.25) is 5.02 Å². The van der Waals surface area contributed by atoms with Gasteiger partial charge in [-0.2, -0.15) is 0 Å². The molecule has 1 saturated heterocycles. The Balaban J connectivity index is 1.48. The van der Waals surface area contributed by atoms with Gasteiger partial charge in [-0.25, -0.2) is 4.99 Å². The molecule has 0 aromatic heterocycles. The number of primary amides is 1. The van der Waals surface area contributed by atoms with Gasteiger partial charge in [-0.1, -0.05) is 24.1 Å². The lowest BCUT2D eigenvalue weighted by Crippen LogP contribution is -2.51. The highest BCUT2D eigenvalue weighted by Gasteiger charge is 2.33. The zero-order chi connectivity index (χ0) is 25.1. The lowest BCUT2D eigenvalue weighted by atomic mass is 9.84. The normalized spacial score (nSPS) is 24.5. The van der Waals surface area contributed by atoms with Crippen LogP contribution in [0.5, 0.6) is 0 Å². The van der Waals surface area contributed by atoms with Gasteiger partial charge >= 0.3 is 0 Å². The maximum absolute atomic E-state index is 11.7. The first-order valence-electron chi connectivity index (χ1n) is 12.5. The van der Waals surface area contributed by atoms with Crippen molar-refractivity contribution in [3.8, 4) is 0 Å². The summed E-state index contributed by atoms with van der Waals surface area (Å²) < 4.78 is 0. The van der Waals surface area contributed by atoms with E-state index in [0.29, 0.717) is 11.4 Å². The first-order chi connectivity index (χ1) is 16.7. The highest BCUT2D eigenvalue weighted by Crippen LogP contribution is 2.31. The second-order valence-electron chi connectivity index (χ2n) is 10.00. The number of nitrogens with zero attached hydrogens (tertiary/aromatic N) is 3. The Labute approximate surface area is 219 Å². The number of hydrogen-bond donors (Lipinski definition) is 1. The maximum atomic E-state index is 11.7. The molecule has 35 heavy (non-hydrogen) atoms. The Morgan fingerprint density at radius 2 is 1.91 bits per heavy atom. The van der Waals surface area contributed by atoms with E-state index in [1.807, 2.05) is 24.3 Å². The minimum absolute atomic E-state index is 0.0285. The molecule has 1 aromatic rings. The predicted octanol–water partition coefficient (Wildman–Crippen LogP) is 5.73. The van der Waals surface area contributed by atoms with E-state index in [1.54, 1.807) is 0 Å². The summed E-state index contributed by atoms with van der Waals surface area (Å²) in [5.74, 6) is -0.115. The SMILES string of the molecule is CC(C)=C(N=C1C=C(N2CCN(C3CCC[C@@H](C(N)=O)C3)CC2)C=C[C+]1Cl)c1ccc(Cl)cc1C. The van der Waals surface area contributed by atoms with Crippen LogP contribution in [-0.2, 0) is 4.79 Å². The Kier molecular flexibility index (Phi) is 8.31. The van der Waals surface area contributed by atoms with Crippen molar-refractivity contribution in [3.63, 3.8) is 0 Å². The maximum Gasteiger partial charge on any atom is 0.220 e. The molecule has 2 atom stereocenters. The van der Waals surface area contributed by atoms with E-state index in [0.717, 1.165) is 90.7 Å². The smallest absolute Gasteiger partial charge is 0.220 e. The Morgan fingerprint density at radius 3 is 2.57 bits per heavy atom. The molecule has 3 aliphatic rings. The van der Waals surface area contributed by atoms with Crippen LogP contribution in [0.25, 0.3) is 5.70 Å². The van der Waals surface area contributed by atoms with Gasteiger partial charge in [0.2, 0.25) is 5.91 Å². The summed E-state index contributed by atoms with van der Waals surface area (Å²) in [6.07, 6.45) is 10.2. The second-order valence-corrected chi connectivity index (χ2v) is 10.8. The number of amides is 1. The van der Waals surface area contributed by atoms with Crippen molar-refractivity contribution < 1.29 is 4.79 Å². The quantitative estimate of drug-likeness (QED) is 0.511. The van der Waals surface area contributed by atoms with Crippen LogP contribution in [0.4, 0.5) is 0 Å². The largest absolute Gasteiger partial charge is 0.369 e. The van der Waals surface area contributed by atoms with Crippen molar-refractivity contribution in [2.24, 2.45) is 16.6 Å². The standard InChI is InChI=1S/C28H34Cl2N4O/c1-18(2)27(24-9-7-21(29)15-19(24)3)32-26-17-23(8-10-25(26)30)34-13-11-33(12-14-34)22-6-4-5-20(16-22)28(31)35/h7-10,15,17,20,22H,4-6,11-14,16H2,1-3H3,(H-,31,35)/p+1/t20-,22?/m1/s1. The molecule has 0 spiro atoms. The average Bonchev–Trinajstić information content (AvgIpc) is 2.84. The molecule has 0 radical (unpaired) electrons. The number of rotatable bonds is 5. The number of hydrogen-bond acceptors (Lipinski definition) is 4. The summed E-state index contributed by atoms with van der Waals surface area (Å²) in [5, 5.41) is 1.36. The van der Waals surface area contributed by atoms with Crippen molar-refractivity contribution in [2.75, 3.05) is 26.2 Å².